The largest absolute Gasteiger partial charge is 0.458 e. The summed E-state index contributed by atoms with van der Waals surface area (Å²) in [5.41, 5.74) is -1.01. The number of nitro benzene ring substituents is 1. The number of carbonyl (C=O) groups excluding carboxylic acids is 2. The fraction of sp³-hybridized carbons (Fsp3) is 0.579. The van der Waals surface area contributed by atoms with E-state index in [1.54, 1.807) is 59.7 Å². The van der Waals surface area contributed by atoms with E-state index < -0.39 is 34.2 Å². The zero-order chi connectivity index (χ0) is 21.5. The third kappa shape index (κ3) is 10.7. The maximum absolute atomic E-state index is 12.4. The van der Waals surface area contributed by atoms with Crippen LogP contribution in [0, 0.1) is 10.1 Å². The molecule has 0 aromatic heterocycles. The smallest absolute Gasteiger partial charge is 0.408 e. The summed E-state index contributed by atoms with van der Waals surface area (Å²) in [6.45, 7) is 10.4. The van der Waals surface area contributed by atoms with Crippen molar-refractivity contribution < 1.29 is 24.0 Å². The minimum absolute atomic E-state index is 0. The SMILES string of the molecule is CC(C)(C)OC(=O)N[C@@H](CNCc1ccccc1[N+](=O)[O-])C(=O)OC(C)(C)C.S. The standard InChI is InChI=1S/C19H29N3O6.H2S/c1-18(2,3)27-16(23)14(21-17(24)28-19(4,5)6)12-20-11-13-9-7-8-10-15(13)22(25)26;/h7-10,14,20H,11-12H2,1-6H3,(H,21,24);1H2/t14-;/m0./s1. The average molecular weight is 430 g/mol. The van der Waals surface area contributed by atoms with Crippen LogP contribution in [0.5, 0.6) is 0 Å². The summed E-state index contributed by atoms with van der Waals surface area (Å²) in [5, 5.41) is 16.5. The molecule has 0 spiro atoms. The van der Waals surface area contributed by atoms with Gasteiger partial charge in [-0.3, -0.25) is 10.1 Å². The van der Waals surface area contributed by atoms with Gasteiger partial charge in [0.2, 0.25) is 0 Å². The van der Waals surface area contributed by atoms with E-state index in [4.69, 9.17) is 9.47 Å². The lowest BCUT2D eigenvalue weighted by molar-refractivity contribution is -0.385. The lowest BCUT2D eigenvalue weighted by atomic mass is 10.1. The number of para-hydroxylation sites is 1. The summed E-state index contributed by atoms with van der Waals surface area (Å²) in [6, 6.07) is 5.27. The van der Waals surface area contributed by atoms with Gasteiger partial charge in [-0.1, -0.05) is 18.2 Å². The van der Waals surface area contributed by atoms with Crippen LogP contribution in [0.25, 0.3) is 0 Å². The molecule has 0 unspecified atom stereocenters. The number of nitrogens with zero attached hydrogens (tertiary/aromatic N) is 1. The molecule has 1 rings (SSSR count). The Hall–Kier alpha value is -2.33. The maximum atomic E-state index is 12.4. The van der Waals surface area contributed by atoms with Gasteiger partial charge in [0.1, 0.15) is 17.2 Å². The second kappa shape index (κ2) is 11.0. The molecule has 1 amide bonds. The highest BCUT2D eigenvalue weighted by Gasteiger charge is 2.28. The van der Waals surface area contributed by atoms with Gasteiger partial charge in [0.25, 0.3) is 5.69 Å². The van der Waals surface area contributed by atoms with E-state index >= 15 is 0 Å². The Kier molecular flexibility index (Phi) is 10.1. The van der Waals surface area contributed by atoms with Gasteiger partial charge >= 0.3 is 12.1 Å². The summed E-state index contributed by atoms with van der Waals surface area (Å²) >= 11 is 0. The first-order valence-corrected chi connectivity index (χ1v) is 8.94. The van der Waals surface area contributed by atoms with Crippen molar-refractivity contribution in [1.82, 2.24) is 10.6 Å². The first-order valence-electron chi connectivity index (χ1n) is 8.94. The van der Waals surface area contributed by atoms with Gasteiger partial charge in [-0.25, -0.2) is 9.59 Å². The van der Waals surface area contributed by atoms with E-state index in [1.807, 2.05) is 0 Å². The molecule has 0 aliphatic carbocycles. The van der Waals surface area contributed by atoms with Crippen molar-refractivity contribution in [3.05, 3.63) is 39.9 Å². The molecule has 0 aliphatic heterocycles. The average Bonchev–Trinajstić information content (AvgIpc) is 2.50. The monoisotopic (exact) mass is 429 g/mol. The Bertz CT molecular complexity index is 713. The van der Waals surface area contributed by atoms with Crippen LogP contribution in [0.2, 0.25) is 0 Å². The molecule has 9 nitrogen and oxygen atoms in total. The molecule has 0 radical (unpaired) electrons. The number of benzene rings is 1. The molecule has 2 N–H and O–H groups in total. The minimum atomic E-state index is -1.02. The number of hydrogen-bond acceptors (Lipinski definition) is 7. The van der Waals surface area contributed by atoms with Gasteiger partial charge in [0.15, 0.2) is 0 Å². The number of rotatable bonds is 7. The molecular weight excluding hydrogens is 398 g/mol. The molecular formula is C19H31N3O6S. The van der Waals surface area contributed by atoms with Crippen LogP contribution in [0.1, 0.15) is 47.1 Å². The van der Waals surface area contributed by atoms with Crippen molar-refractivity contribution in [2.75, 3.05) is 6.54 Å². The quantitative estimate of drug-likeness (QED) is 0.388. The Morgan fingerprint density at radius 2 is 1.62 bits per heavy atom. The zero-order valence-corrected chi connectivity index (χ0v) is 18.7. The molecule has 1 atom stereocenters. The van der Waals surface area contributed by atoms with Crippen LogP contribution in [0.3, 0.4) is 0 Å². The molecule has 0 aliphatic rings. The molecule has 10 heteroatoms. The molecule has 164 valence electrons. The van der Waals surface area contributed by atoms with Crippen LogP contribution in [-0.2, 0) is 20.8 Å². The molecule has 1 aromatic carbocycles. The lowest BCUT2D eigenvalue weighted by Crippen LogP contribution is -2.50. The van der Waals surface area contributed by atoms with Crippen molar-refractivity contribution in [3.63, 3.8) is 0 Å². The van der Waals surface area contributed by atoms with Gasteiger partial charge < -0.3 is 20.1 Å². The van der Waals surface area contributed by atoms with Crippen molar-refractivity contribution in [2.45, 2.75) is 65.3 Å². The Morgan fingerprint density at radius 3 is 2.14 bits per heavy atom. The van der Waals surface area contributed by atoms with Crippen LogP contribution < -0.4 is 10.6 Å². The van der Waals surface area contributed by atoms with E-state index in [2.05, 4.69) is 10.6 Å². The first-order chi connectivity index (χ1) is 12.8. The summed E-state index contributed by atoms with van der Waals surface area (Å²) < 4.78 is 10.5. The zero-order valence-electron chi connectivity index (χ0n) is 17.7. The fourth-order valence-corrected chi connectivity index (χ4v) is 2.21. The van der Waals surface area contributed by atoms with Crippen LogP contribution in [0.4, 0.5) is 10.5 Å². The number of hydrogen-bond donors (Lipinski definition) is 2. The van der Waals surface area contributed by atoms with Gasteiger partial charge in [-0.05, 0) is 41.5 Å². The molecule has 1 aromatic rings. The highest BCUT2D eigenvalue weighted by atomic mass is 32.1. The van der Waals surface area contributed by atoms with E-state index in [0.29, 0.717) is 5.56 Å². The molecule has 0 fully saturated rings. The second-order valence-electron chi connectivity index (χ2n) is 8.25. The van der Waals surface area contributed by atoms with Crippen LogP contribution in [-0.4, -0.2) is 40.8 Å². The number of esters is 1. The van der Waals surface area contributed by atoms with E-state index in [1.165, 1.54) is 6.07 Å². The Balaban J connectivity index is 0.00000784. The third-order valence-electron chi connectivity index (χ3n) is 3.23. The number of carbonyl (C=O) groups is 2. The number of nitrogens with one attached hydrogen (secondary N) is 2. The summed E-state index contributed by atoms with van der Waals surface area (Å²) in [6.07, 6.45) is -0.754. The summed E-state index contributed by atoms with van der Waals surface area (Å²) in [5.74, 6) is -0.631. The number of nitro groups is 1. The molecule has 0 saturated heterocycles. The normalized spacial score (nSPS) is 12.3. The van der Waals surface area contributed by atoms with Crippen molar-refractivity contribution in [3.8, 4) is 0 Å². The maximum Gasteiger partial charge on any atom is 0.408 e. The highest BCUT2D eigenvalue weighted by molar-refractivity contribution is 7.59. The number of amides is 1. The molecule has 29 heavy (non-hydrogen) atoms. The van der Waals surface area contributed by atoms with Gasteiger partial charge in [0, 0.05) is 24.7 Å². The fourth-order valence-electron chi connectivity index (χ4n) is 2.21. The van der Waals surface area contributed by atoms with Crippen molar-refractivity contribution in [2.24, 2.45) is 0 Å². The Labute approximate surface area is 178 Å². The van der Waals surface area contributed by atoms with E-state index in [9.17, 15) is 19.7 Å². The number of ether oxygens (including phenoxy) is 2. The van der Waals surface area contributed by atoms with Gasteiger partial charge in [-0.15, -0.1) is 0 Å². The Morgan fingerprint density at radius 1 is 1.07 bits per heavy atom. The third-order valence-corrected chi connectivity index (χ3v) is 3.23. The summed E-state index contributed by atoms with van der Waals surface area (Å²) in [7, 11) is 0. The summed E-state index contributed by atoms with van der Waals surface area (Å²) in [4.78, 5) is 35.1. The topological polar surface area (TPSA) is 120 Å². The van der Waals surface area contributed by atoms with Gasteiger partial charge in [-0.2, -0.15) is 13.5 Å². The van der Waals surface area contributed by atoms with Gasteiger partial charge in [0.05, 0.1) is 4.92 Å². The van der Waals surface area contributed by atoms with Crippen molar-refractivity contribution in [1.29, 1.82) is 0 Å². The molecule has 0 heterocycles. The predicted octanol–water partition coefficient (Wildman–Crippen LogP) is 3.03. The lowest BCUT2D eigenvalue weighted by Gasteiger charge is -2.26. The number of alkyl carbamates (subject to hydrolysis) is 1. The van der Waals surface area contributed by atoms with Crippen LogP contribution >= 0.6 is 13.5 Å². The highest BCUT2D eigenvalue weighted by Crippen LogP contribution is 2.17. The van der Waals surface area contributed by atoms with E-state index in [0.717, 1.165) is 0 Å². The van der Waals surface area contributed by atoms with Crippen molar-refractivity contribution >= 4 is 31.2 Å². The minimum Gasteiger partial charge on any atom is -0.458 e. The van der Waals surface area contributed by atoms with Crippen LogP contribution in [0.15, 0.2) is 24.3 Å². The molecule has 0 bridgehead atoms. The first kappa shape index (κ1) is 26.7. The second-order valence-corrected chi connectivity index (χ2v) is 8.25. The predicted molar refractivity (Wildman–Crippen MR) is 114 cm³/mol. The molecule has 0 saturated carbocycles. The van der Waals surface area contributed by atoms with E-state index in [-0.39, 0.29) is 32.3 Å².